The number of aliphatic imine (C=N–C) groups is 1. The van der Waals surface area contributed by atoms with Crippen LogP contribution in [0.15, 0.2) is 4.99 Å². The number of nitrogens with two attached hydrogens (primary N) is 1. The molecule has 7 heteroatoms. The maximum absolute atomic E-state index is 11.8. The highest BCUT2D eigenvalue weighted by atomic mass is 16.3. The number of aliphatic hydroxyl groups excluding tert-OH is 1. The molecule has 0 aromatic carbocycles. The maximum Gasteiger partial charge on any atom is 0.249 e. The lowest BCUT2D eigenvalue weighted by Crippen LogP contribution is -2.66. The van der Waals surface area contributed by atoms with Gasteiger partial charge >= 0.3 is 0 Å². The van der Waals surface area contributed by atoms with E-state index < -0.39 is 17.7 Å². The van der Waals surface area contributed by atoms with Crippen molar-refractivity contribution in [3.8, 4) is 0 Å². The molecule has 0 aliphatic carbocycles. The first-order valence-electron chi connectivity index (χ1n) is 5.54. The van der Waals surface area contributed by atoms with Crippen molar-refractivity contribution < 1.29 is 14.7 Å². The normalized spacial score (nSPS) is 30.8. The van der Waals surface area contributed by atoms with E-state index in [-0.39, 0.29) is 11.8 Å². The number of aliphatic hydroxyl groups is 1. The summed E-state index contributed by atoms with van der Waals surface area (Å²) >= 11 is 0. The number of β-lactam (4-membered cyclic amide) rings is 1. The molecule has 0 bridgehead atoms. The summed E-state index contributed by atoms with van der Waals surface area (Å²) in [5.41, 5.74) is 4.88. The third-order valence-corrected chi connectivity index (χ3v) is 3.26. The summed E-state index contributed by atoms with van der Waals surface area (Å²) in [4.78, 5) is 28.6. The van der Waals surface area contributed by atoms with Gasteiger partial charge in [0.15, 0.2) is 5.54 Å². The van der Waals surface area contributed by atoms with Gasteiger partial charge in [-0.3, -0.25) is 14.6 Å². The van der Waals surface area contributed by atoms with Crippen molar-refractivity contribution in [2.45, 2.75) is 31.0 Å². The molecule has 0 radical (unpaired) electrons. The predicted molar refractivity (Wildman–Crippen MR) is 60.2 cm³/mol. The summed E-state index contributed by atoms with van der Waals surface area (Å²) in [5.74, 6) is -0.473. The lowest BCUT2D eigenvalue weighted by molar-refractivity contribution is -0.136. The molecule has 0 saturated carbocycles. The van der Waals surface area contributed by atoms with Gasteiger partial charge in [0.2, 0.25) is 11.8 Å². The fourth-order valence-corrected chi connectivity index (χ4v) is 1.84. The van der Waals surface area contributed by atoms with Crippen LogP contribution in [0.4, 0.5) is 0 Å². The van der Waals surface area contributed by atoms with Gasteiger partial charge in [-0.1, -0.05) is 0 Å². The Balaban J connectivity index is 2.03. The molecule has 94 valence electrons. The van der Waals surface area contributed by atoms with E-state index in [1.807, 2.05) is 0 Å². The fraction of sp³-hybridized carbons (Fsp3) is 0.700. The molecule has 1 fully saturated rings. The summed E-state index contributed by atoms with van der Waals surface area (Å²) in [5, 5.41) is 11.9. The number of amides is 2. The minimum absolute atomic E-state index is 0.0966. The Kier molecular flexibility index (Phi) is 2.88. The first kappa shape index (κ1) is 12.0. The van der Waals surface area contributed by atoms with Crippen molar-refractivity contribution in [1.82, 2.24) is 10.2 Å². The molecule has 4 N–H and O–H groups in total. The molecule has 0 aromatic heterocycles. The van der Waals surface area contributed by atoms with Crippen LogP contribution in [-0.2, 0) is 9.59 Å². The molecular weight excluding hydrogens is 224 g/mol. The van der Waals surface area contributed by atoms with Gasteiger partial charge in [0.25, 0.3) is 0 Å². The number of hydrogen-bond acceptors (Lipinski definition) is 5. The van der Waals surface area contributed by atoms with Crippen LogP contribution >= 0.6 is 0 Å². The molecule has 2 aliphatic heterocycles. The molecule has 1 saturated heterocycles. The smallest absolute Gasteiger partial charge is 0.249 e. The van der Waals surface area contributed by atoms with E-state index in [4.69, 9.17) is 5.73 Å². The molecule has 1 unspecified atom stereocenters. The number of carbonyl (C=O) groups excluding carboxylic acids is 2. The Morgan fingerprint density at radius 1 is 1.76 bits per heavy atom. The Morgan fingerprint density at radius 3 is 2.82 bits per heavy atom. The van der Waals surface area contributed by atoms with Crippen LogP contribution in [-0.4, -0.2) is 58.9 Å². The molecule has 2 rings (SSSR count). The zero-order valence-electron chi connectivity index (χ0n) is 9.59. The van der Waals surface area contributed by atoms with E-state index in [9.17, 15) is 14.7 Å². The van der Waals surface area contributed by atoms with Crippen LogP contribution in [0.25, 0.3) is 0 Å². The standard InChI is InChI=1S/C10H16N4O3/c1-6(15)7(11)8(16)14-3-2-10(13-5-14)4-12-9(10)17/h5-7,15H,2-4,11H2,1H3,(H,12,17)/t6-,7+,10?/m1/s1. The SMILES string of the molecule is C[C@@H](O)[C@H](N)C(=O)N1C=NC2(CC1)CNC2=O. The molecule has 2 aliphatic rings. The average molecular weight is 240 g/mol. The summed E-state index contributed by atoms with van der Waals surface area (Å²) in [7, 11) is 0. The Hall–Kier alpha value is -1.47. The second-order valence-electron chi connectivity index (χ2n) is 4.51. The van der Waals surface area contributed by atoms with Crippen molar-refractivity contribution in [1.29, 1.82) is 0 Å². The van der Waals surface area contributed by atoms with E-state index in [2.05, 4.69) is 10.3 Å². The minimum atomic E-state index is -0.953. The zero-order chi connectivity index (χ0) is 12.6. The molecule has 2 amide bonds. The van der Waals surface area contributed by atoms with Gasteiger partial charge < -0.3 is 21.1 Å². The molecule has 1 spiro atoms. The van der Waals surface area contributed by atoms with Crippen molar-refractivity contribution in [2.75, 3.05) is 13.1 Å². The van der Waals surface area contributed by atoms with Gasteiger partial charge in [0, 0.05) is 13.0 Å². The van der Waals surface area contributed by atoms with Crippen LogP contribution < -0.4 is 11.1 Å². The summed E-state index contributed by atoms with van der Waals surface area (Å²) in [6, 6.07) is -0.953. The molecule has 0 aromatic rings. The van der Waals surface area contributed by atoms with Gasteiger partial charge in [-0.25, -0.2) is 0 Å². The van der Waals surface area contributed by atoms with Gasteiger partial charge in [-0.05, 0) is 6.92 Å². The molecule has 2 heterocycles. The third kappa shape index (κ3) is 1.91. The predicted octanol–water partition coefficient (Wildman–Crippen LogP) is -2.18. The lowest BCUT2D eigenvalue weighted by atomic mass is 9.87. The number of carbonyl (C=O) groups is 2. The fourth-order valence-electron chi connectivity index (χ4n) is 1.84. The zero-order valence-corrected chi connectivity index (χ0v) is 9.59. The molecule has 17 heavy (non-hydrogen) atoms. The second kappa shape index (κ2) is 4.08. The van der Waals surface area contributed by atoms with Gasteiger partial charge in [-0.15, -0.1) is 0 Å². The van der Waals surface area contributed by atoms with Gasteiger partial charge in [-0.2, -0.15) is 0 Å². The van der Waals surface area contributed by atoms with Crippen LogP contribution in [0.2, 0.25) is 0 Å². The molecule has 3 atom stereocenters. The summed E-state index contributed by atoms with van der Waals surface area (Å²) in [6.07, 6.45) is 0.944. The number of nitrogens with one attached hydrogen (secondary N) is 1. The average Bonchev–Trinajstić information content (AvgIpc) is 2.35. The van der Waals surface area contributed by atoms with E-state index >= 15 is 0 Å². The monoisotopic (exact) mass is 240 g/mol. The van der Waals surface area contributed by atoms with E-state index in [1.54, 1.807) is 0 Å². The number of rotatable bonds is 2. The topological polar surface area (TPSA) is 108 Å². The summed E-state index contributed by atoms with van der Waals surface area (Å²) in [6.45, 7) is 2.38. The lowest BCUT2D eigenvalue weighted by Gasteiger charge is -2.41. The number of nitrogens with zero attached hydrogens (tertiary/aromatic N) is 2. The first-order chi connectivity index (χ1) is 7.96. The van der Waals surface area contributed by atoms with Gasteiger partial charge in [0.05, 0.1) is 19.0 Å². The second-order valence-corrected chi connectivity index (χ2v) is 4.51. The number of hydrogen-bond donors (Lipinski definition) is 3. The van der Waals surface area contributed by atoms with E-state index in [1.165, 1.54) is 18.2 Å². The van der Waals surface area contributed by atoms with Crippen molar-refractivity contribution in [3.63, 3.8) is 0 Å². The largest absolute Gasteiger partial charge is 0.391 e. The first-order valence-corrected chi connectivity index (χ1v) is 5.54. The quantitative estimate of drug-likeness (QED) is 0.477. The highest BCUT2D eigenvalue weighted by Crippen LogP contribution is 2.25. The molecule has 7 nitrogen and oxygen atoms in total. The Bertz CT molecular complexity index is 382. The van der Waals surface area contributed by atoms with Crippen LogP contribution in [0, 0.1) is 0 Å². The van der Waals surface area contributed by atoms with Crippen LogP contribution in [0.1, 0.15) is 13.3 Å². The maximum atomic E-state index is 11.8. The van der Waals surface area contributed by atoms with Crippen LogP contribution in [0.5, 0.6) is 0 Å². The highest BCUT2D eigenvalue weighted by Gasteiger charge is 2.48. The minimum Gasteiger partial charge on any atom is -0.391 e. The van der Waals surface area contributed by atoms with Crippen molar-refractivity contribution >= 4 is 18.2 Å². The highest BCUT2D eigenvalue weighted by molar-refractivity contribution is 5.97. The van der Waals surface area contributed by atoms with Crippen LogP contribution in [0.3, 0.4) is 0 Å². The van der Waals surface area contributed by atoms with E-state index in [0.717, 1.165) is 0 Å². The van der Waals surface area contributed by atoms with Crippen molar-refractivity contribution in [3.05, 3.63) is 0 Å². The van der Waals surface area contributed by atoms with E-state index in [0.29, 0.717) is 19.5 Å². The van der Waals surface area contributed by atoms with Gasteiger partial charge in [0.1, 0.15) is 6.04 Å². The molecular formula is C10H16N4O3. The Morgan fingerprint density at radius 2 is 2.47 bits per heavy atom. The van der Waals surface area contributed by atoms with Crippen molar-refractivity contribution in [2.24, 2.45) is 10.7 Å². The Labute approximate surface area is 98.7 Å². The third-order valence-electron chi connectivity index (χ3n) is 3.26. The summed E-state index contributed by atoms with van der Waals surface area (Å²) < 4.78 is 0.